The fourth-order valence-corrected chi connectivity index (χ4v) is 2.79. The number of aryl methyl sites for hydroxylation is 1. The van der Waals surface area contributed by atoms with Gasteiger partial charge in [0, 0.05) is 13.0 Å². The van der Waals surface area contributed by atoms with Crippen LogP contribution in [0, 0.1) is 5.92 Å². The highest BCUT2D eigenvalue weighted by atomic mass is 32.2. The molecule has 0 aromatic carbocycles. The van der Waals surface area contributed by atoms with E-state index in [4.69, 9.17) is 5.14 Å². The predicted molar refractivity (Wildman–Crippen MR) is 78.7 cm³/mol. The number of hydrogen-bond acceptors (Lipinski definition) is 4. The molecule has 0 aliphatic rings. The molecule has 1 aromatic heterocycles. The van der Waals surface area contributed by atoms with Gasteiger partial charge in [-0.2, -0.15) is 0 Å². The monoisotopic (exact) mass is 302 g/mol. The van der Waals surface area contributed by atoms with Crippen LogP contribution in [0.3, 0.4) is 0 Å². The van der Waals surface area contributed by atoms with Gasteiger partial charge in [-0.25, -0.2) is 13.6 Å². The summed E-state index contributed by atoms with van der Waals surface area (Å²) >= 11 is 0. The first kappa shape index (κ1) is 17.1. The van der Waals surface area contributed by atoms with E-state index in [0.29, 0.717) is 12.5 Å². The molecule has 0 bridgehead atoms. The zero-order valence-corrected chi connectivity index (χ0v) is 13.5. The van der Waals surface area contributed by atoms with Crippen LogP contribution in [0.2, 0.25) is 0 Å². The normalized spacial score (nSPS) is 12.2. The number of unbranched alkanes of at least 4 members (excludes halogenated alkanes) is 4. The third-order valence-corrected chi connectivity index (χ3v) is 3.91. The second-order valence-electron chi connectivity index (χ2n) is 5.61. The van der Waals surface area contributed by atoms with Gasteiger partial charge in [0.1, 0.15) is 5.82 Å². The fraction of sp³-hybridized carbons (Fsp3) is 0.846. The molecule has 1 rings (SSSR count). The fourth-order valence-electron chi connectivity index (χ4n) is 2.15. The Balaban J connectivity index is 2.77. The Kier molecular flexibility index (Phi) is 6.61. The first-order valence-electron chi connectivity index (χ1n) is 7.31. The topological polar surface area (TPSA) is 90.9 Å². The molecule has 20 heavy (non-hydrogen) atoms. The number of hydrogen-bond donors (Lipinski definition) is 1. The van der Waals surface area contributed by atoms with Crippen LogP contribution in [0.25, 0.3) is 0 Å². The van der Waals surface area contributed by atoms with E-state index in [1.807, 2.05) is 13.8 Å². The van der Waals surface area contributed by atoms with Crippen molar-refractivity contribution in [3.63, 3.8) is 0 Å². The Morgan fingerprint density at radius 3 is 2.35 bits per heavy atom. The van der Waals surface area contributed by atoms with Crippen LogP contribution in [0.1, 0.15) is 58.7 Å². The van der Waals surface area contributed by atoms with Crippen molar-refractivity contribution in [2.24, 2.45) is 11.1 Å². The van der Waals surface area contributed by atoms with Gasteiger partial charge in [0.15, 0.2) is 0 Å². The van der Waals surface area contributed by atoms with E-state index in [-0.39, 0.29) is 5.16 Å². The van der Waals surface area contributed by atoms with Crippen LogP contribution in [-0.4, -0.2) is 23.2 Å². The first-order chi connectivity index (χ1) is 9.36. The molecule has 2 N–H and O–H groups in total. The van der Waals surface area contributed by atoms with Gasteiger partial charge in [-0.3, -0.25) is 0 Å². The van der Waals surface area contributed by atoms with Crippen LogP contribution in [0.5, 0.6) is 0 Å². The molecule has 6 nitrogen and oxygen atoms in total. The summed E-state index contributed by atoms with van der Waals surface area (Å²) in [6.45, 7) is 6.80. The standard InChI is InChI=1S/C13H26N4O2S/c1-4-5-6-7-8-9-12-15-16-13(20(14,18)19)17(12)10-11(2)3/h11H,4-10H2,1-3H3,(H2,14,18,19). The van der Waals surface area contributed by atoms with Gasteiger partial charge in [-0.15, -0.1) is 10.2 Å². The van der Waals surface area contributed by atoms with E-state index in [1.165, 1.54) is 19.3 Å². The van der Waals surface area contributed by atoms with E-state index >= 15 is 0 Å². The van der Waals surface area contributed by atoms with Gasteiger partial charge in [0.2, 0.25) is 0 Å². The molecule has 0 saturated carbocycles. The maximum atomic E-state index is 11.5. The van der Waals surface area contributed by atoms with Gasteiger partial charge < -0.3 is 4.57 Å². The predicted octanol–water partition coefficient (Wildman–Crippen LogP) is 2.09. The van der Waals surface area contributed by atoms with E-state index in [1.54, 1.807) is 4.57 Å². The molecule has 0 amide bonds. The Morgan fingerprint density at radius 1 is 1.15 bits per heavy atom. The number of rotatable bonds is 9. The van der Waals surface area contributed by atoms with Crippen molar-refractivity contribution in [3.05, 3.63) is 5.82 Å². The summed E-state index contributed by atoms with van der Waals surface area (Å²) in [5.74, 6) is 1.03. The third kappa shape index (κ3) is 5.20. The second-order valence-corrected chi connectivity index (χ2v) is 7.07. The van der Waals surface area contributed by atoms with E-state index in [9.17, 15) is 8.42 Å². The molecule has 0 radical (unpaired) electrons. The summed E-state index contributed by atoms with van der Waals surface area (Å²) in [7, 11) is -3.81. The molecule has 116 valence electrons. The van der Waals surface area contributed by atoms with Crippen molar-refractivity contribution in [2.75, 3.05) is 0 Å². The van der Waals surface area contributed by atoms with Gasteiger partial charge >= 0.3 is 0 Å². The van der Waals surface area contributed by atoms with Crippen molar-refractivity contribution in [3.8, 4) is 0 Å². The van der Waals surface area contributed by atoms with E-state index in [2.05, 4.69) is 17.1 Å². The summed E-state index contributed by atoms with van der Waals surface area (Å²) in [6.07, 6.45) is 6.53. The smallest absolute Gasteiger partial charge is 0.273 e. The minimum Gasteiger partial charge on any atom is -0.300 e. The van der Waals surface area contributed by atoms with Crippen LogP contribution < -0.4 is 5.14 Å². The Hall–Kier alpha value is -0.950. The summed E-state index contributed by atoms with van der Waals surface area (Å²) in [5.41, 5.74) is 0. The lowest BCUT2D eigenvalue weighted by molar-refractivity contribution is 0.465. The molecule has 0 saturated heterocycles. The molecule has 0 spiro atoms. The number of aromatic nitrogens is 3. The highest BCUT2D eigenvalue weighted by Gasteiger charge is 2.21. The zero-order valence-electron chi connectivity index (χ0n) is 12.7. The van der Waals surface area contributed by atoms with Gasteiger partial charge in [0.25, 0.3) is 15.2 Å². The molecule has 1 heterocycles. The highest BCUT2D eigenvalue weighted by Crippen LogP contribution is 2.14. The SMILES string of the molecule is CCCCCCCc1nnc(S(N)(=O)=O)n1CC(C)C. The van der Waals surface area contributed by atoms with Crippen molar-refractivity contribution < 1.29 is 8.42 Å². The maximum Gasteiger partial charge on any atom is 0.273 e. The Morgan fingerprint density at radius 2 is 1.80 bits per heavy atom. The van der Waals surface area contributed by atoms with Crippen LogP contribution in [0.15, 0.2) is 5.16 Å². The molecule has 0 aliphatic carbocycles. The van der Waals surface area contributed by atoms with Crippen molar-refractivity contribution in [2.45, 2.75) is 71.0 Å². The minimum atomic E-state index is -3.81. The molecule has 0 unspecified atom stereocenters. The maximum absolute atomic E-state index is 11.5. The summed E-state index contributed by atoms with van der Waals surface area (Å²) < 4.78 is 24.7. The van der Waals surface area contributed by atoms with Crippen molar-refractivity contribution in [1.82, 2.24) is 14.8 Å². The summed E-state index contributed by atoms with van der Waals surface area (Å²) in [6, 6.07) is 0. The second kappa shape index (κ2) is 7.73. The molecular formula is C13H26N4O2S. The quantitative estimate of drug-likeness (QED) is 0.707. The number of nitrogens with zero attached hydrogens (tertiary/aromatic N) is 3. The van der Waals surface area contributed by atoms with Crippen molar-refractivity contribution in [1.29, 1.82) is 0 Å². The number of sulfonamides is 1. The number of primary sulfonamides is 1. The van der Waals surface area contributed by atoms with E-state index < -0.39 is 10.0 Å². The lowest BCUT2D eigenvalue weighted by Crippen LogP contribution is -2.21. The Bertz CT molecular complexity index is 508. The molecule has 0 fully saturated rings. The lowest BCUT2D eigenvalue weighted by Gasteiger charge is -2.11. The van der Waals surface area contributed by atoms with Crippen LogP contribution in [0.4, 0.5) is 0 Å². The average Bonchev–Trinajstić information content (AvgIpc) is 2.71. The lowest BCUT2D eigenvalue weighted by atomic mass is 10.1. The minimum absolute atomic E-state index is 0.116. The molecular weight excluding hydrogens is 276 g/mol. The van der Waals surface area contributed by atoms with Gasteiger partial charge in [0.05, 0.1) is 0 Å². The molecule has 0 aliphatic heterocycles. The molecule has 0 atom stereocenters. The van der Waals surface area contributed by atoms with Crippen molar-refractivity contribution >= 4 is 10.0 Å². The van der Waals surface area contributed by atoms with Crippen LogP contribution >= 0.6 is 0 Å². The first-order valence-corrected chi connectivity index (χ1v) is 8.85. The third-order valence-electron chi connectivity index (χ3n) is 3.10. The van der Waals surface area contributed by atoms with E-state index in [0.717, 1.165) is 25.1 Å². The Labute approximate surface area is 121 Å². The highest BCUT2D eigenvalue weighted by molar-refractivity contribution is 7.89. The largest absolute Gasteiger partial charge is 0.300 e. The zero-order chi connectivity index (χ0) is 15.2. The van der Waals surface area contributed by atoms with Gasteiger partial charge in [-0.05, 0) is 12.3 Å². The molecule has 7 heteroatoms. The number of nitrogens with two attached hydrogens (primary N) is 1. The summed E-state index contributed by atoms with van der Waals surface area (Å²) in [4.78, 5) is 0. The molecule has 1 aromatic rings. The van der Waals surface area contributed by atoms with Crippen LogP contribution in [-0.2, 0) is 23.0 Å². The summed E-state index contributed by atoms with van der Waals surface area (Å²) in [5, 5.41) is 12.8. The van der Waals surface area contributed by atoms with Gasteiger partial charge in [-0.1, -0.05) is 46.5 Å². The average molecular weight is 302 g/mol.